The molecular weight excluding hydrogens is 219 g/mol. The molecule has 1 saturated carbocycles. The first-order chi connectivity index (χ1) is 8.27. The SMILES string of the molecule is Nc1noc(C2CCC2)c1-c1ccccc1F. The molecule has 88 valence electrons. The number of hydrogen-bond donors (Lipinski definition) is 1. The van der Waals surface area contributed by atoms with Crippen LogP contribution in [-0.4, -0.2) is 5.16 Å². The molecule has 1 fully saturated rings. The molecule has 0 aliphatic heterocycles. The van der Waals surface area contributed by atoms with Crippen LogP contribution in [0, 0.1) is 5.82 Å². The van der Waals surface area contributed by atoms with E-state index in [2.05, 4.69) is 5.16 Å². The molecule has 4 heteroatoms. The monoisotopic (exact) mass is 232 g/mol. The topological polar surface area (TPSA) is 52.0 Å². The van der Waals surface area contributed by atoms with Crippen molar-refractivity contribution in [3.05, 3.63) is 35.8 Å². The van der Waals surface area contributed by atoms with Crippen molar-refractivity contribution in [3.63, 3.8) is 0 Å². The van der Waals surface area contributed by atoms with Crippen molar-refractivity contribution in [2.24, 2.45) is 0 Å². The molecule has 2 N–H and O–H groups in total. The summed E-state index contributed by atoms with van der Waals surface area (Å²) in [4.78, 5) is 0. The quantitative estimate of drug-likeness (QED) is 0.864. The Morgan fingerprint density at radius 1 is 1.29 bits per heavy atom. The lowest BCUT2D eigenvalue weighted by atomic mass is 9.81. The third-order valence-corrected chi connectivity index (χ3v) is 3.36. The maximum atomic E-state index is 13.8. The lowest BCUT2D eigenvalue weighted by molar-refractivity contribution is 0.302. The van der Waals surface area contributed by atoms with Crippen LogP contribution in [0.3, 0.4) is 0 Å². The van der Waals surface area contributed by atoms with Gasteiger partial charge >= 0.3 is 0 Å². The van der Waals surface area contributed by atoms with E-state index in [9.17, 15) is 4.39 Å². The number of rotatable bonds is 2. The molecule has 1 aliphatic rings. The predicted octanol–water partition coefficient (Wildman–Crippen LogP) is 3.33. The van der Waals surface area contributed by atoms with Crippen molar-refractivity contribution in [1.29, 1.82) is 0 Å². The second-order valence-electron chi connectivity index (χ2n) is 4.41. The Labute approximate surface area is 98.4 Å². The molecule has 3 nitrogen and oxygen atoms in total. The number of nitrogen functional groups attached to an aromatic ring is 1. The second kappa shape index (κ2) is 3.87. The van der Waals surface area contributed by atoms with Gasteiger partial charge in [-0.2, -0.15) is 0 Å². The lowest BCUT2D eigenvalue weighted by Gasteiger charge is -2.23. The Morgan fingerprint density at radius 3 is 2.71 bits per heavy atom. The maximum absolute atomic E-state index is 13.8. The van der Waals surface area contributed by atoms with Crippen molar-refractivity contribution in [1.82, 2.24) is 5.16 Å². The fourth-order valence-electron chi connectivity index (χ4n) is 2.20. The number of nitrogens with zero attached hydrogens (tertiary/aromatic N) is 1. The van der Waals surface area contributed by atoms with Crippen molar-refractivity contribution >= 4 is 5.82 Å². The van der Waals surface area contributed by atoms with Gasteiger partial charge in [0.1, 0.15) is 11.6 Å². The maximum Gasteiger partial charge on any atom is 0.175 e. The first kappa shape index (κ1) is 10.3. The van der Waals surface area contributed by atoms with Gasteiger partial charge in [-0.15, -0.1) is 0 Å². The van der Waals surface area contributed by atoms with Crippen LogP contribution >= 0.6 is 0 Å². The minimum absolute atomic E-state index is 0.275. The van der Waals surface area contributed by atoms with E-state index < -0.39 is 0 Å². The summed E-state index contributed by atoms with van der Waals surface area (Å²) in [5.41, 5.74) is 6.90. The van der Waals surface area contributed by atoms with Crippen molar-refractivity contribution in [3.8, 4) is 11.1 Å². The summed E-state index contributed by atoms with van der Waals surface area (Å²) in [6.07, 6.45) is 3.31. The van der Waals surface area contributed by atoms with Crippen molar-refractivity contribution < 1.29 is 8.91 Å². The molecule has 3 rings (SSSR count). The van der Waals surface area contributed by atoms with Gasteiger partial charge in [0.2, 0.25) is 0 Å². The Hall–Kier alpha value is -1.84. The summed E-state index contributed by atoms with van der Waals surface area (Å²) >= 11 is 0. The average molecular weight is 232 g/mol. The third-order valence-electron chi connectivity index (χ3n) is 3.36. The van der Waals surface area contributed by atoms with Gasteiger partial charge in [-0.1, -0.05) is 29.8 Å². The summed E-state index contributed by atoms with van der Waals surface area (Å²) in [5, 5.41) is 3.77. The van der Waals surface area contributed by atoms with E-state index in [4.69, 9.17) is 10.3 Å². The van der Waals surface area contributed by atoms with E-state index in [0.717, 1.165) is 18.6 Å². The molecule has 0 atom stereocenters. The van der Waals surface area contributed by atoms with Gasteiger partial charge in [0, 0.05) is 11.5 Å². The zero-order valence-corrected chi connectivity index (χ0v) is 9.32. The molecule has 0 saturated heterocycles. The minimum atomic E-state index is -0.289. The van der Waals surface area contributed by atoms with Gasteiger partial charge in [0.25, 0.3) is 0 Å². The van der Waals surface area contributed by atoms with Crippen LogP contribution in [0.15, 0.2) is 28.8 Å². The highest BCUT2D eigenvalue weighted by molar-refractivity contribution is 5.76. The van der Waals surface area contributed by atoms with Crippen molar-refractivity contribution in [2.75, 3.05) is 5.73 Å². The van der Waals surface area contributed by atoms with E-state index in [1.807, 2.05) is 0 Å². The van der Waals surface area contributed by atoms with Crippen LogP contribution in [0.2, 0.25) is 0 Å². The van der Waals surface area contributed by atoms with Gasteiger partial charge in [-0.3, -0.25) is 0 Å². The molecule has 1 heterocycles. The zero-order valence-electron chi connectivity index (χ0n) is 9.32. The molecule has 0 bridgehead atoms. The van der Waals surface area contributed by atoms with Crippen molar-refractivity contribution in [2.45, 2.75) is 25.2 Å². The van der Waals surface area contributed by atoms with E-state index in [-0.39, 0.29) is 11.6 Å². The fourth-order valence-corrected chi connectivity index (χ4v) is 2.20. The summed E-state index contributed by atoms with van der Waals surface area (Å²) in [5.74, 6) is 1.06. The molecule has 0 amide bonds. The molecule has 17 heavy (non-hydrogen) atoms. The highest BCUT2D eigenvalue weighted by Crippen LogP contribution is 2.43. The molecule has 0 radical (unpaired) electrons. The summed E-state index contributed by atoms with van der Waals surface area (Å²) < 4.78 is 19.0. The molecule has 1 aromatic heterocycles. The van der Waals surface area contributed by atoms with Gasteiger partial charge in [-0.05, 0) is 18.9 Å². The molecule has 1 aliphatic carbocycles. The first-order valence-electron chi connectivity index (χ1n) is 5.77. The van der Waals surface area contributed by atoms with Gasteiger partial charge in [0.05, 0.1) is 5.56 Å². The van der Waals surface area contributed by atoms with Gasteiger partial charge in [0.15, 0.2) is 5.82 Å². The summed E-state index contributed by atoms with van der Waals surface area (Å²) in [6, 6.07) is 6.58. The van der Waals surface area contributed by atoms with E-state index in [1.54, 1.807) is 18.2 Å². The van der Waals surface area contributed by atoms with Crippen LogP contribution in [0.1, 0.15) is 30.9 Å². The number of aromatic nitrogens is 1. The van der Waals surface area contributed by atoms with E-state index in [0.29, 0.717) is 17.0 Å². The smallest absolute Gasteiger partial charge is 0.175 e. The largest absolute Gasteiger partial charge is 0.380 e. The number of halogens is 1. The van der Waals surface area contributed by atoms with Crippen LogP contribution in [0.5, 0.6) is 0 Å². The fraction of sp³-hybridized carbons (Fsp3) is 0.308. The first-order valence-corrected chi connectivity index (χ1v) is 5.77. The zero-order chi connectivity index (χ0) is 11.8. The minimum Gasteiger partial charge on any atom is -0.380 e. The Morgan fingerprint density at radius 2 is 2.06 bits per heavy atom. The second-order valence-corrected chi connectivity index (χ2v) is 4.41. The molecule has 0 spiro atoms. The highest BCUT2D eigenvalue weighted by atomic mass is 19.1. The normalized spacial score (nSPS) is 15.8. The molecule has 1 aromatic carbocycles. The Bertz CT molecular complexity index is 546. The number of anilines is 1. The Kier molecular flexibility index (Phi) is 2.35. The average Bonchev–Trinajstić information content (AvgIpc) is 2.59. The molecule has 0 unspecified atom stereocenters. The number of hydrogen-bond acceptors (Lipinski definition) is 3. The van der Waals surface area contributed by atoms with Crippen LogP contribution in [-0.2, 0) is 0 Å². The summed E-state index contributed by atoms with van der Waals surface area (Å²) in [6.45, 7) is 0. The lowest BCUT2D eigenvalue weighted by Crippen LogP contribution is -2.09. The predicted molar refractivity (Wildman–Crippen MR) is 62.9 cm³/mol. The summed E-state index contributed by atoms with van der Waals surface area (Å²) in [7, 11) is 0. The molecular formula is C13H13FN2O. The number of nitrogens with two attached hydrogens (primary N) is 1. The van der Waals surface area contributed by atoms with Gasteiger partial charge in [-0.25, -0.2) is 4.39 Å². The van der Waals surface area contributed by atoms with E-state index in [1.165, 1.54) is 12.5 Å². The third kappa shape index (κ3) is 1.60. The highest BCUT2D eigenvalue weighted by Gasteiger charge is 2.29. The van der Waals surface area contributed by atoms with Gasteiger partial charge < -0.3 is 10.3 Å². The number of benzene rings is 1. The Balaban J connectivity index is 2.13. The molecule has 2 aromatic rings. The van der Waals surface area contributed by atoms with Crippen LogP contribution < -0.4 is 5.73 Å². The standard InChI is InChI=1S/C13H13FN2O/c14-10-7-2-1-6-9(10)11-12(8-4-3-5-8)17-16-13(11)15/h1-2,6-8H,3-5H2,(H2,15,16). The van der Waals surface area contributed by atoms with Crippen LogP contribution in [0.25, 0.3) is 11.1 Å². The van der Waals surface area contributed by atoms with E-state index >= 15 is 0 Å². The van der Waals surface area contributed by atoms with Crippen LogP contribution in [0.4, 0.5) is 10.2 Å².